The van der Waals surface area contributed by atoms with E-state index in [4.69, 9.17) is 0 Å². The average molecular weight is 262 g/mol. The molecule has 1 aliphatic heterocycles. The van der Waals surface area contributed by atoms with Crippen molar-refractivity contribution < 1.29 is 14.7 Å². The molecule has 1 aromatic carbocycles. The van der Waals surface area contributed by atoms with E-state index < -0.39 is 6.10 Å². The molecule has 1 aliphatic rings. The zero-order chi connectivity index (χ0) is 14.0. The molecule has 0 radical (unpaired) electrons. The molecule has 1 aromatic rings. The molecule has 1 fully saturated rings. The Hall–Kier alpha value is -1.88. The molecule has 1 saturated heterocycles. The van der Waals surface area contributed by atoms with Crippen LogP contribution in [0, 0.1) is 0 Å². The van der Waals surface area contributed by atoms with Crippen molar-refractivity contribution in [1.82, 2.24) is 4.90 Å². The molecule has 1 N–H and O–H groups in total. The third-order valence-corrected chi connectivity index (χ3v) is 3.19. The van der Waals surface area contributed by atoms with Crippen LogP contribution in [-0.4, -0.2) is 48.1 Å². The Balaban J connectivity index is 2.30. The lowest BCUT2D eigenvalue weighted by atomic mass is 10.0. The highest BCUT2D eigenvalue weighted by atomic mass is 16.3. The maximum Gasteiger partial charge on any atom is 0.247 e. The number of aliphatic hydroxyl groups excluding tert-OH is 1. The van der Waals surface area contributed by atoms with Gasteiger partial charge in [0.1, 0.15) is 6.54 Å². The molecule has 0 bridgehead atoms. The van der Waals surface area contributed by atoms with Gasteiger partial charge in [-0.05, 0) is 18.6 Å². The quantitative estimate of drug-likeness (QED) is 0.858. The number of carbonyl (C=O) groups excluding carboxylic acids is 2. The van der Waals surface area contributed by atoms with Crippen LogP contribution in [0.1, 0.15) is 12.5 Å². The van der Waals surface area contributed by atoms with Gasteiger partial charge in [-0.3, -0.25) is 9.59 Å². The van der Waals surface area contributed by atoms with Crippen LogP contribution in [0.4, 0.5) is 5.69 Å². The minimum absolute atomic E-state index is 0.0617. The summed E-state index contributed by atoms with van der Waals surface area (Å²) in [5, 5.41) is 9.51. The number of piperazine rings is 1. The topological polar surface area (TPSA) is 60.9 Å². The van der Waals surface area contributed by atoms with E-state index in [0.717, 1.165) is 11.3 Å². The van der Waals surface area contributed by atoms with Gasteiger partial charge in [-0.1, -0.05) is 18.2 Å². The predicted octanol–water partition coefficient (Wildman–Crippen LogP) is 0.415. The number of benzene rings is 1. The summed E-state index contributed by atoms with van der Waals surface area (Å²) in [6, 6.07) is 7.38. The second-order valence-electron chi connectivity index (χ2n) is 4.91. The Bertz CT molecular complexity index is 499. The Kier molecular flexibility index (Phi) is 3.85. The lowest BCUT2D eigenvalue weighted by Crippen LogP contribution is -2.52. The van der Waals surface area contributed by atoms with Crippen molar-refractivity contribution in [2.45, 2.75) is 19.4 Å². The van der Waals surface area contributed by atoms with Crippen molar-refractivity contribution in [3.63, 3.8) is 0 Å². The largest absolute Gasteiger partial charge is 0.393 e. The minimum atomic E-state index is -0.487. The fourth-order valence-electron chi connectivity index (χ4n) is 2.21. The first-order chi connectivity index (χ1) is 8.99. The van der Waals surface area contributed by atoms with Crippen LogP contribution in [0.5, 0.6) is 0 Å². The van der Waals surface area contributed by atoms with Gasteiger partial charge >= 0.3 is 0 Å². The number of hydrogen-bond donors (Lipinski definition) is 1. The zero-order valence-electron chi connectivity index (χ0n) is 11.2. The van der Waals surface area contributed by atoms with Gasteiger partial charge in [0.05, 0.1) is 12.6 Å². The molecule has 0 aliphatic carbocycles. The smallest absolute Gasteiger partial charge is 0.247 e. The van der Waals surface area contributed by atoms with Crippen LogP contribution in [-0.2, 0) is 16.0 Å². The van der Waals surface area contributed by atoms with Gasteiger partial charge in [-0.2, -0.15) is 0 Å². The van der Waals surface area contributed by atoms with E-state index in [9.17, 15) is 14.7 Å². The summed E-state index contributed by atoms with van der Waals surface area (Å²) in [7, 11) is 1.62. The maximum atomic E-state index is 12.1. The normalized spacial score (nSPS) is 17.8. The van der Waals surface area contributed by atoms with Gasteiger partial charge in [0.2, 0.25) is 11.8 Å². The molecule has 2 rings (SSSR count). The number of anilines is 1. The first-order valence-electron chi connectivity index (χ1n) is 6.29. The number of nitrogens with zero attached hydrogens (tertiary/aromatic N) is 2. The van der Waals surface area contributed by atoms with Crippen LogP contribution in [0.25, 0.3) is 0 Å². The first-order valence-corrected chi connectivity index (χ1v) is 6.29. The summed E-state index contributed by atoms with van der Waals surface area (Å²) in [4.78, 5) is 26.7. The molecular weight excluding hydrogens is 244 g/mol. The highest BCUT2D eigenvalue weighted by Gasteiger charge is 2.29. The van der Waals surface area contributed by atoms with E-state index in [2.05, 4.69) is 0 Å². The SMILES string of the molecule is CC(O)Cc1ccccc1N1CC(=O)N(C)CC1=O. The van der Waals surface area contributed by atoms with Crippen LogP contribution < -0.4 is 4.90 Å². The fourth-order valence-corrected chi connectivity index (χ4v) is 2.21. The van der Waals surface area contributed by atoms with Gasteiger partial charge < -0.3 is 14.9 Å². The highest BCUT2D eigenvalue weighted by Crippen LogP contribution is 2.23. The Morgan fingerprint density at radius 1 is 1.21 bits per heavy atom. The highest BCUT2D eigenvalue weighted by molar-refractivity contribution is 6.04. The molecule has 5 heteroatoms. The number of amides is 2. The second kappa shape index (κ2) is 5.40. The van der Waals surface area contributed by atoms with Crippen molar-refractivity contribution in [3.05, 3.63) is 29.8 Å². The fraction of sp³-hybridized carbons (Fsp3) is 0.429. The molecular formula is C14H18N2O3. The molecule has 1 heterocycles. The zero-order valence-corrected chi connectivity index (χ0v) is 11.2. The average Bonchev–Trinajstić information content (AvgIpc) is 2.34. The van der Waals surface area contributed by atoms with Gasteiger partial charge in [-0.25, -0.2) is 0 Å². The van der Waals surface area contributed by atoms with Crippen LogP contribution in [0.15, 0.2) is 24.3 Å². The van der Waals surface area contributed by atoms with Crippen LogP contribution in [0.2, 0.25) is 0 Å². The Labute approximate surface area is 112 Å². The third-order valence-electron chi connectivity index (χ3n) is 3.19. The summed E-state index contributed by atoms with van der Waals surface area (Å²) in [5.74, 6) is -0.174. The summed E-state index contributed by atoms with van der Waals surface area (Å²) in [6.45, 7) is 1.86. The van der Waals surface area contributed by atoms with Crippen molar-refractivity contribution in [1.29, 1.82) is 0 Å². The van der Waals surface area contributed by atoms with Crippen molar-refractivity contribution in [2.75, 3.05) is 25.0 Å². The summed E-state index contributed by atoms with van der Waals surface area (Å²) >= 11 is 0. The predicted molar refractivity (Wildman–Crippen MR) is 71.8 cm³/mol. The standard InChI is InChI=1S/C14H18N2O3/c1-10(17)7-11-5-3-4-6-12(11)16-9-13(18)15(2)8-14(16)19/h3-6,10,17H,7-9H2,1-2H3. The molecule has 0 saturated carbocycles. The van der Waals surface area contributed by atoms with Gasteiger partial charge in [0.15, 0.2) is 0 Å². The number of carbonyl (C=O) groups is 2. The van der Waals surface area contributed by atoms with Gasteiger partial charge in [0, 0.05) is 19.2 Å². The summed E-state index contributed by atoms with van der Waals surface area (Å²) < 4.78 is 0. The van der Waals surface area contributed by atoms with Crippen molar-refractivity contribution in [3.8, 4) is 0 Å². The maximum absolute atomic E-state index is 12.1. The lowest BCUT2D eigenvalue weighted by Gasteiger charge is -2.33. The molecule has 102 valence electrons. The third kappa shape index (κ3) is 2.93. The van der Waals surface area contributed by atoms with Gasteiger partial charge in [0.25, 0.3) is 0 Å². The van der Waals surface area contributed by atoms with E-state index in [1.165, 1.54) is 9.80 Å². The van der Waals surface area contributed by atoms with E-state index in [1.54, 1.807) is 14.0 Å². The lowest BCUT2D eigenvalue weighted by molar-refractivity contribution is -0.136. The minimum Gasteiger partial charge on any atom is -0.393 e. The van der Waals surface area contributed by atoms with E-state index >= 15 is 0 Å². The van der Waals surface area contributed by atoms with E-state index in [-0.39, 0.29) is 24.9 Å². The molecule has 1 atom stereocenters. The second-order valence-corrected chi connectivity index (χ2v) is 4.91. The van der Waals surface area contributed by atoms with Crippen LogP contribution >= 0.6 is 0 Å². The summed E-state index contributed by atoms with van der Waals surface area (Å²) in [6.07, 6.45) is -0.0244. The number of hydrogen-bond acceptors (Lipinski definition) is 3. The van der Waals surface area contributed by atoms with E-state index in [0.29, 0.717) is 6.42 Å². The molecule has 0 spiro atoms. The van der Waals surface area contributed by atoms with E-state index in [1.807, 2.05) is 24.3 Å². The Morgan fingerprint density at radius 2 is 1.89 bits per heavy atom. The summed E-state index contributed by atoms with van der Waals surface area (Å²) in [5.41, 5.74) is 1.60. The first kappa shape index (κ1) is 13.5. The number of rotatable bonds is 3. The number of para-hydroxylation sites is 1. The molecule has 5 nitrogen and oxygen atoms in total. The number of aliphatic hydroxyl groups is 1. The molecule has 2 amide bonds. The Morgan fingerprint density at radius 3 is 2.58 bits per heavy atom. The molecule has 0 aromatic heterocycles. The molecule has 1 unspecified atom stereocenters. The van der Waals surface area contributed by atoms with Crippen molar-refractivity contribution in [2.24, 2.45) is 0 Å². The van der Waals surface area contributed by atoms with Crippen molar-refractivity contribution >= 4 is 17.5 Å². The van der Waals surface area contributed by atoms with Gasteiger partial charge in [-0.15, -0.1) is 0 Å². The molecule has 19 heavy (non-hydrogen) atoms. The van der Waals surface area contributed by atoms with Crippen LogP contribution in [0.3, 0.4) is 0 Å². The monoisotopic (exact) mass is 262 g/mol. The number of likely N-dealkylation sites (N-methyl/N-ethyl adjacent to an activating group) is 1.